The Morgan fingerprint density at radius 2 is 2.06 bits per heavy atom. The average molecular weight is 219 g/mol. The van der Waals surface area contributed by atoms with Crippen LogP contribution in [-0.4, -0.2) is 33.7 Å². The van der Waals surface area contributed by atoms with Crippen molar-refractivity contribution in [1.82, 2.24) is 14.7 Å². The summed E-state index contributed by atoms with van der Waals surface area (Å²) in [7, 11) is 1.85. The number of aryl methyl sites for hydroxylation is 1. The highest BCUT2D eigenvalue weighted by Crippen LogP contribution is 2.18. The van der Waals surface area contributed by atoms with Crippen molar-refractivity contribution in [3.05, 3.63) is 23.5 Å². The van der Waals surface area contributed by atoms with E-state index in [4.69, 9.17) is 0 Å². The number of carbonyl (C=O) groups excluding carboxylic acids is 1. The van der Waals surface area contributed by atoms with Crippen molar-refractivity contribution in [1.29, 1.82) is 0 Å². The van der Waals surface area contributed by atoms with Crippen molar-refractivity contribution in [3.8, 4) is 0 Å². The lowest BCUT2D eigenvalue weighted by atomic mass is 10.1. The van der Waals surface area contributed by atoms with E-state index < -0.39 is 0 Å². The van der Waals surface area contributed by atoms with Gasteiger partial charge in [0.15, 0.2) is 5.69 Å². The Morgan fingerprint density at radius 1 is 1.44 bits per heavy atom. The SMILES string of the molecule is C=Cc1c(C(=O)N2CCCC2)nn(C)c1C. The van der Waals surface area contributed by atoms with Crippen LogP contribution in [0.5, 0.6) is 0 Å². The molecule has 0 aromatic carbocycles. The Kier molecular flexibility index (Phi) is 2.81. The Labute approximate surface area is 95.5 Å². The fourth-order valence-electron chi connectivity index (χ4n) is 2.10. The van der Waals surface area contributed by atoms with E-state index in [0.29, 0.717) is 5.69 Å². The molecular formula is C12H17N3O. The molecule has 1 aliphatic rings. The Morgan fingerprint density at radius 3 is 2.62 bits per heavy atom. The molecule has 4 heteroatoms. The highest BCUT2D eigenvalue weighted by molar-refractivity contribution is 5.96. The van der Waals surface area contributed by atoms with Crippen LogP contribution in [0.15, 0.2) is 6.58 Å². The fraction of sp³-hybridized carbons (Fsp3) is 0.500. The summed E-state index contributed by atoms with van der Waals surface area (Å²) in [6, 6.07) is 0. The molecule has 86 valence electrons. The first-order valence-corrected chi connectivity index (χ1v) is 5.60. The average Bonchev–Trinajstić information content (AvgIpc) is 2.88. The summed E-state index contributed by atoms with van der Waals surface area (Å²) in [5.74, 6) is 0.0381. The van der Waals surface area contributed by atoms with Gasteiger partial charge in [-0.2, -0.15) is 5.10 Å². The second-order valence-corrected chi connectivity index (χ2v) is 4.17. The van der Waals surface area contributed by atoms with Crippen LogP contribution in [0.2, 0.25) is 0 Å². The third kappa shape index (κ3) is 1.64. The van der Waals surface area contributed by atoms with Gasteiger partial charge < -0.3 is 4.90 Å². The summed E-state index contributed by atoms with van der Waals surface area (Å²) in [4.78, 5) is 14.1. The molecule has 1 aromatic heterocycles. The largest absolute Gasteiger partial charge is 0.337 e. The number of hydrogen-bond donors (Lipinski definition) is 0. The molecule has 0 aliphatic carbocycles. The number of rotatable bonds is 2. The highest BCUT2D eigenvalue weighted by atomic mass is 16.2. The number of hydrogen-bond acceptors (Lipinski definition) is 2. The van der Waals surface area contributed by atoms with Gasteiger partial charge in [-0.05, 0) is 19.8 Å². The molecule has 1 amide bonds. The molecular weight excluding hydrogens is 202 g/mol. The molecule has 0 N–H and O–H groups in total. The van der Waals surface area contributed by atoms with Gasteiger partial charge in [-0.3, -0.25) is 9.48 Å². The molecule has 1 aliphatic heterocycles. The van der Waals surface area contributed by atoms with E-state index in [9.17, 15) is 4.79 Å². The lowest BCUT2D eigenvalue weighted by Crippen LogP contribution is -2.28. The first-order valence-electron chi connectivity index (χ1n) is 5.60. The van der Waals surface area contributed by atoms with E-state index in [-0.39, 0.29) is 5.91 Å². The summed E-state index contributed by atoms with van der Waals surface area (Å²) >= 11 is 0. The smallest absolute Gasteiger partial charge is 0.274 e. The van der Waals surface area contributed by atoms with Crippen LogP contribution in [0.4, 0.5) is 0 Å². The Hall–Kier alpha value is -1.58. The minimum Gasteiger partial charge on any atom is -0.337 e. The van der Waals surface area contributed by atoms with E-state index in [1.165, 1.54) is 0 Å². The first kappa shape index (κ1) is 10.9. The van der Waals surface area contributed by atoms with Gasteiger partial charge in [0, 0.05) is 31.4 Å². The lowest BCUT2D eigenvalue weighted by molar-refractivity contribution is 0.0786. The van der Waals surface area contributed by atoms with Gasteiger partial charge >= 0.3 is 0 Å². The quantitative estimate of drug-likeness (QED) is 0.758. The van der Waals surface area contributed by atoms with E-state index in [2.05, 4.69) is 11.7 Å². The molecule has 2 heterocycles. The maximum Gasteiger partial charge on any atom is 0.274 e. The van der Waals surface area contributed by atoms with Gasteiger partial charge in [0.2, 0.25) is 0 Å². The van der Waals surface area contributed by atoms with Gasteiger partial charge in [-0.1, -0.05) is 12.7 Å². The van der Waals surface area contributed by atoms with Crippen molar-refractivity contribution >= 4 is 12.0 Å². The normalized spacial score (nSPS) is 15.5. The number of likely N-dealkylation sites (tertiary alicyclic amines) is 1. The minimum absolute atomic E-state index is 0.0381. The monoisotopic (exact) mass is 219 g/mol. The number of nitrogens with zero attached hydrogens (tertiary/aromatic N) is 3. The lowest BCUT2D eigenvalue weighted by Gasteiger charge is -2.13. The second-order valence-electron chi connectivity index (χ2n) is 4.17. The van der Waals surface area contributed by atoms with Crippen LogP contribution in [0.1, 0.15) is 34.6 Å². The third-order valence-electron chi connectivity index (χ3n) is 3.18. The minimum atomic E-state index is 0.0381. The molecule has 0 bridgehead atoms. The maximum atomic E-state index is 12.2. The molecule has 16 heavy (non-hydrogen) atoms. The number of carbonyl (C=O) groups is 1. The molecule has 0 unspecified atom stereocenters. The Balaban J connectivity index is 2.35. The fourth-order valence-corrected chi connectivity index (χ4v) is 2.10. The molecule has 0 spiro atoms. The van der Waals surface area contributed by atoms with E-state index in [1.54, 1.807) is 10.8 Å². The molecule has 4 nitrogen and oxygen atoms in total. The van der Waals surface area contributed by atoms with E-state index in [1.807, 2.05) is 18.9 Å². The van der Waals surface area contributed by atoms with Crippen molar-refractivity contribution in [2.24, 2.45) is 7.05 Å². The zero-order chi connectivity index (χ0) is 11.7. The van der Waals surface area contributed by atoms with E-state index in [0.717, 1.165) is 37.2 Å². The summed E-state index contributed by atoms with van der Waals surface area (Å²) in [6.07, 6.45) is 3.91. The van der Waals surface area contributed by atoms with Crippen molar-refractivity contribution in [2.75, 3.05) is 13.1 Å². The molecule has 1 fully saturated rings. The summed E-state index contributed by atoms with van der Waals surface area (Å²) in [5, 5.41) is 4.28. The predicted molar refractivity (Wildman–Crippen MR) is 63.2 cm³/mol. The molecule has 0 atom stereocenters. The van der Waals surface area contributed by atoms with Crippen LogP contribution >= 0.6 is 0 Å². The standard InChI is InChI=1S/C12H17N3O/c1-4-10-9(2)14(3)13-11(10)12(16)15-7-5-6-8-15/h4H,1,5-8H2,2-3H3. The number of aromatic nitrogens is 2. The zero-order valence-electron chi connectivity index (χ0n) is 9.86. The zero-order valence-corrected chi connectivity index (χ0v) is 9.86. The predicted octanol–water partition coefficient (Wildman–Crippen LogP) is 1.61. The van der Waals surface area contributed by atoms with Gasteiger partial charge in [0.1, 0.15) is 0 Å². The highest BCUT2D eigenvalue weighted by Gasteiger charge is 2.24. The third-order valence-corrected chi connectivity index (χ3v) is 3.18. The summed E-state index contributed by atoms with van der Waals surface area (Å²) in [5.41, 5.74) is 2.38. The van der Waals surface area contributed by atoms with Gasteiger partial charge in [0.05, 0.1) is 0 Å². The van der Waals surface area contributed by atoms with E-state index >= 15 is 0 Å². The van der Waals surface area contributed by atoms with Crippen molar-refractivity contribution in [3.63, 3.8) is 0 Å². The topological polar surface area (TPSA) is 38.1 Å². The first-order chi connectivity index (χ1) is 7.65. The Bertz CT molecular complexity index is 428. The van der Waals surface area contributed by atoms with Crippen LogP contribution in [0.3, 0.4) is 0 Å². The van der Waals surface area contributed by atoms with Crippen LogP contribution in [0, 0.1) is 6.92 Å². The van der Waals surface area contributed by atoms with Crippen molar-refractivity contribution < 1.29 is 4.79 Å². The molecule has 0 saturated carbocycles. The summed E-state index contributed by atoms with van der Waals surface area (Å²) in [6.45, 7) is 7.40. The van der Waals surface area contributed by atoms with Gasteiger partial charge in [-0.25, -0.2) is 0 Å². The molecule has 0 radical (unpaired) electrons. The van der Waals surface area contributed by atoms with Crippen LogP contribution in [-0.2, 0) is 7.05 Å². The molecule has 1 saturated heterocycles. The van der Waals surface area contributed by atoms with Crippen LogP contribution < -0.4 is 0 Å². The summed E-state index contributed by atoms with van der Waals surface area (Å²) < 4.78 is 1.74. The number of amides is 1. The molecule has 2 rings (SSSR count). The van der Waals surface area contributed by atoms with Crippen LogP contribution in [0.25, 0.3) is 6.08 Å². The molecule has 1 aromatic rings. The van der Waals surface area contributed by atoms with Gasteiger partial charge in [-0.15, -0.1) is 0 Å². The van der Waals surface area contributed by atoms with Gasteiger partial charge in [0.25, 0.3) is 5.91 Å². The second kappa shape index (κ2) is 4.12. The maximum absolute atomic E-state index is 12.2. The van der Waals surface area contributed by atoms with Crippen molar-refractivity contribution in [2.45, 2.75) is 19.8 Å².